The number of halogens is 2. The van der Waals surface area contributed by atoms with Gasteiger partial charge in [0.05, 0.1) is 0 Å². The third kappa shape index (κ3) is 3.77. The summed E-state index contributed by atoms with van der Waals surface area (Å²) >= 11 is 0. The van der Waals surface area contributed by atoms with Crippen LogP contribution in [0.2, 0.25) is 0 Å². The normalized spacial score (nSPS) is 17.0. The van der Waals surface area contributed by atoms with Crippen LogP contribution in [0.1, 0.15) is 24.5 Å². The summed E-state index contributed by atoms with van der Waals surface area (Å²) in [6.45, 7) is 2.28. The average Bonchev–Trinajstić information content (AvgIpc) is 2.98. The molecule has 0 N–H and O–H groups in total. The summed E-state index contributed by atoms with van der Waals surface area (Å²) < 4.78 is 0. The van der Waals surface area contributed by atoms with Gasteiger partial charge < -0.3 is 0 Å². The first-order valence-corrected chi connectivity index (χ1v) is 8.20. The SMILES string of the molecule is CCC1(c2ccccc2)C=c2[c-]cccc2=C1c1ccccc1.Cl.Cl.[Zr]. The smallest absolute Gasteiger partial charge is 0 e. The third-order valence-electron chi connectivity index (χ3n) is 4.90. The van der Waals surface area contributed by atoms with Gasteiger partial charge in [-0.15, -0.1) is 65.6 Å². The minimum atomic E-state index is -0.0806. The fraction of sp³-hybridized carbons (Fsp3) is 0.130. The van der Waals surface area contributed by atoms with Gasteiger partial charge in [0.1, 0.15) is 0 Å². The van der Waals surface area contributed by atoms with Crippen molar-refractivity contribution in [2.24, 2.45) is 0 Å². The Balaban J connectivity index is 0.00000113. The maximum Gasteiger partial charge on any atom is 0 e. The topological polar surface area (TPSA) is 0 Å². The molecule has 3 aromatic rings. The molecule has 0 aromatic heterocycles. The van der Waals surface area contributed by atoms with Crippen LogP contribution in [0.3, 0.4) is 0 Å². The maximum absolute atomic E-state index is 3.43. The van der Waals surface area contributed by atoms with E-state index in [2.05, 4.69) is 91.9 Å². The van der Waals surface area contributed by atoms with Gasteiger partial charge >= 0.3 is 0 Å². The van der Waals surface area contributed by atoms with Crippen LogP contribution in [0.5, 0.6) is 0 Å². The standard InChI is InChI=1S/C23H19.2ClH.Zr/c1-2-23(20-14-7-4-8-15-20)17-19-13-9-10-16-21(19)22(23)18-11-5-3-6-12-18;;;/h3-12,14-17H,2H2,1H3;2*1H;/q-1;;;. The maximum atomic E-state index is 3.43. The number of hydrogen-bond acceptors (Lipinski definition) is 0. The fourth-order valence-corrected chi connectivity index (χ4v) is 3.81. The van der Waals surface area contributed by atoms with Gasteiger partial charge in [0.15, 0.2) is 0 Å². The first-order chi connectivity index (χ1) is 11.3. The van der Waals surface area contributed by atoms with Crippen molar-refractivity contribution in [3.8, 4) is 0 Å². The predicted octanol–water partition coefficient (Wildman–Crippen LogP) is 4.67. The summed E-state index contributed by atoms with van der Waals surface area (Å²) in [5.74, 6) is 0. The second kappa shape index (κ2) is 9.70. The van der Waals surface area contributed by atoms with E-state index in [1.165, 1.54) is 27.1 Å². The van der Waals surface area contributed by atoms with Gasteiger partial charge in [-0.1, -0.05) is 73.2 Å². The quantitative estimate of drug-likeness (QED) is 0.500. The third-order valence-corrected chi connectivity index (χ3v) is 4.90. The van der Waals surface area contributed by atoms with Crippen molar-refractivity contribution in [3.05, 3.63) is 106 Å². The van der Waals surface area contributed by atoms with Gasteiger partial charge in [-0.3, -0.25) is 0 Å². The molecule has 0 saturated heterocycles. The summed E-state index contributed by atoms with van der Waals surface area (Å²) in [7, 11) is 0. The Kier molecular flexibility index (Phi) is 8.54. The van der Waals surface area contributed by atoms with E-state index in [9.17, 15) is 0 Å². The molecule has 0 fully saturated rings. The van der Waals surface area contributed by atoms with Crippen LogP contribution >= 0.6 is 24.8 Å². The van der Waals surface area contributed by atoms with Gasteiger partial charge in [0, 0.05) is 26.2 Å². The van der Waals surface area contributed by atoms with Crippen LogP contribution in [-0.2, 0) is 31.6 Å². The van der Waals surface area contributed by atoms with Crippen molar-refractivity contribution in [2.45, 2.75) is 18.8 Å². The largest absolute Gasteiger partial charge is 0.147 e. The second-order valence-electron chi connectivity index (χ2n) is 6.07. The molecule has 0 amide bonds. The molecule has 0 spiro atoms. The molecule has 1 aliphatic carbocycles. The van der Waals surface area contributed by atoms with Crippen molar-refractivity contribution < 1.29 is 26.2 Å². The summed E-state index contributed by atoms with van der Waals surface area (Å²) in [6.07, 6.45) is 3.43. The van der Waals surface area contributed by atoms with Crippen LogP contribution in [0.4, 0.5) is 0 Å². The molecule has 26 heavy (non-hydrogen) atoms. The van der Waals surface area contributed by atoms with Crippen molar-refractivity contribution in [1.82, 2.24) is 0 Å². The fourth-order valence-electron chi connectivity index (χ4n) is 3.81. The molecule has 0 saturated carbocycles. The minimum absolute atomic E-state index is 0. The monoisotopic (exact) mass is 457 g/mol. The molecule has 0 aliphatic heterocycles. The Hall–Kier alpha value is -1.14. The van der Waals surface area contributed by atoms with Gasteiger partial charge in [-0.05, 0) is 23.0 Å². The van der Waals surface area contributed by atoms with E-state index < -0.39 is 0 Å². The Morgan fingerprint density at radius 3 is 2.04 bits per heavy atom. The van der Waals surface area contributed by atoms with E-state index in [1.807, 2.05) is 6.07 Å². The summed E-state index contributed by atoms with van der Waals surface area (Å²) in [5.41, 5.74) is 3.97. The predicted molar refractivity (Wildman–Crippen MR) is 111 cm³/mol. The molecule has 4 rings (SSSR count). The minimum Gasteiger partial charge on any atom is -0.147 e. The first kappa shape index (κ1) is 22.9. The molecule has 1 unspecified atom stereocenters. The molecule has 0 nitrogen and oxygen atoms in total. The number of rotatable bonds is 3. The Morgan fingerprint density at radius 1 is 0.808 bits per heavy atom. The molecule has 0 heterocycles. The molecular weight excluding hydrogens is 438 g/mol. The van der Waals surface area contributed by atoms with Crippen LogP contribution in [0, 0.1) is 6.07 Å². The molecule has 0 bridgehead atoms. The van der Waals surface area contributed by atoms with E-state index in [1.54, 1.807) is 0 Å². The van der Waals surface area contributed by atoms with Crippen molar-refractivity contribution in [3.63, 3.8) is 0 Å². The zero-order chi connectivity index (χ0) is 15.7. The van der Waals surface area contributed by atoms with E-state index in [0.29, 0.717) is 0 Å². The van der Waals surface area contributed by atoms with Crippen LogP contribution in [0.25, 0.3) is 11.6 Å². The second-order valence-corrected chi connectivity index (χ2v) is 6.07. The summed E-state index contributed by atoms with van der Waals surface area (Å²) in [5, 5.41) is 2.53. The van der Waals surface area contributed by atoms with Crippen LogP contribution in [0.15, 0.2) is 78.9 Å². The average molecular weight is 460 g/mol. The molecular formula is C23H21Cl2Zr-. The zero-order valence-corrected chi connectivity index (χ0v) is 18.7. The van der Waals surface area contributed by atoms with Crippen molar-refractivity contribution in [2.75, 3.05) is 0 Å². The molecule has 1 aliphatic rings. The van der Waals surface area contributed by atoms with Gasteiger partial charge in [0.2, 0.25) is 0 Å². The molecule has 132 valence electrons. The Labute approximate surface area is 187 Å². The van der Waals surface area contributed by atoms with Gasteiger partial charge in [-0.2, -0.15) is 0 Å². The van der Waals surface area contributed by atoms with Gasteiger partial charge in [0.25, 0.3) is 0 Å². The molecule has 3 heteroatoms. The van der Waals surface area contributed by atoms with E-state index >= 15 is 0 Å². The van der Waals surface area contributed by atoms with Crippen LogP contribution in [-0.4, -0.2) is 0 Å². The van der Waals surface area contributed by atoms with E-state index in [0.717, 1.165) is 6.42 Å². The first-order valence-electron chi connectivity index (χ1n) is 8.20. The number of hydrogen-bond donors (Lipinski definition) is 0. The van der Waals surface area contributed by atoms with E-state index in [-0.39, 0.29) is 56.4 Å². The van der Waals surface area contributed by atoms with Crippen molar-refractivity contribution in [1.29, 1.82) is 0 Å². The van der Waals surface area contributed by atoms with E-state index in [4.69, 9.17) is 0 Å². The van der Waals surface area contributed by atoms with Crippen LogP contribution < -0.4 is 10.4 Å². The number of fused-ring (bicyclic) bond motifs is 1. The zero-order valence-electron chi connectivity index (χ0n) is 14.6. The van der Waals surface area contributed by atoms with Crippen molar-refractivity contribution >= 4 is 36.5 Å². The molecule has 1 atom stereocenters. The molecule has 3 aromatic carbocycles. The number of benzene rings is 3. The summed E-state index contributed by atoms with van der Waals surface area (Å²) in [4.78, 5) is 0. The Bertz CT molecular complexity index is 952. The Morgan fingerprint density at radius 2 is 1.42 bits per heavy atom. The van der Waals surface area contributed by atoms with Gasteiger partial charge in [-0.25, -0.2) is 0 Å². The summed E-state index contributed by atoms with van der Waals surface area (Å²) in [6, 6.07) is 31.4. The molecule has 0 radical (unpaired) electrons.